The molecule has 1 unspecified atom stereocenters. The van der Waals surface area contributed by atoms with Crippen LogP contribution in [0.3, 0.4) is 0 Å². The van der Waals surface area contributed by atoms with E-state index in [-0.39, 0.29) is 23.9 Å². The van der Waals surface area contributed by atoms with Crippen LogP contribution >= 0.6 is 23.4 Å². The summed E-state index contributed by atoms with van der Waals surface area (Å²) in [7, 11) is 1.63. The van der Waals surface area contributed by atoms with E-state index in [1.54, 1.807) is 28.5 Å². The van der Waals surface area contributed by atoms with Crippen molar-refractivity contribution < 1.29 is 9.53 Å². The number of hydrogen-bond donors (Lipinski definition) is 1. The van der Waals surface area contributed by atoms with Crippen molar-refractivity contribution in [3.8, 4) is 11.4 Å². The van der Waals surface area contributed by atoms with Gasteiger partial charge in [0.05, 0.1) is 25.0 Å². The van der Waals surface area contributed by atoms with Crippen molar-refractivity contribution in [2.24, 2.45) is 0 Å². The van der Waals surface area contributed by atoms with Gasteiger partial charge in [-0.15, -0.1) is 0 Å². The number of hydrogen-bond acceptors (Lipinski definition) is 6. The average Bonchev–Trinajstić information content (AvgIpc) is 3.44. The molecule has 3 heterocycles. The van der Waals surface area contributed by atoms with Crippen LogP contribution in [0.25, 0.3) is 16.7 Å². The van der Waals surface area contributed by atoms with Gasteiger partial charge in [-0.25, -0.2) is 9.67 Å². The lowest BCUT2D eigenvalue weighted by atomic mass is 10.1. The van der Waals surface area contributed by atoms with Gasteiger partial charge in [0, 0.05) is 23.7 Å². The van der Waals surface area contributed by atoms with Gasteiger partial charge in [-0.05, 0) is 42.3 Å². The number of ether oxygens (including phenoxy) is 1. The Labute approximate surface area is 204 Å². The van der Waals surface area contributed by atoms with Crippen LogP contribution in [0.15, 0.2) is 64.7 Å². The minimum Gasteiger partial charge on any atom is -0.497 e. The van der Waals surface area contributed by atoms with E-state index in [1.165, 1.54) is 18.0 Å². The lowest BCUT2D eigenvalue weighted by molar-refractivity contribution is -0.121. The maximum absolute atomic E-state index is 13.3. The predicted octanol–water partition coefficient (Wildman–Crippen LogP) is 3.64. The summed E-state index contributed by atoms with van der Waals surface area (Å²) < 4.78 is 8.48. The monoisotopic (exact) mass is 495 g/mol. The lowest BCUT2D eigenvalue weighted by Gasteiger charge is -2.13. The molecule has 0 radical (unpaired) electrons. The number of carbonyl (C=O) groups is 1. The summed E-state index contributed by atoms with van der Waals surface area (Å²) in [6.45, 7) is 0.511. The van der Waals surface area contributed by atoms with Crippen LogP contribution in [0, 0.1) is 0 Å². The molecule has 0 spiro atoms. The molecule has 10 heteroatoms. The molecule has 1 aliphatic rings. The molecule has 5 rings (SSSR count). The Balaban J connectivity index is 1.30. The summed E-state index contributed by atoms with van der Waals surface area (Å²) in [5.41, 5.74) is 2.11. The molecule has 174 valence electrons. The van der Waals surface area contributed by atoms with Crippen molar-refractivity contribution >= 4 is 40.3 Å². The molecule has 1 N–H and O–H groups in total. The molecule has 0 bridgehead atoms. The number of methoxy groups -OCH3 is 1. The smallest absolute Gasteiger partial charge is 0.265 e. The maximum atomic E-state index is 13.3. The Bertz CT molecular complexity index is 1430. The number of aromatic nitrogens is 4. The van der Waals surface area contributed by atoms with Crippen LogP contribution in [0.4, 0.5) is 0 Å². The Morgan fingerprint density at radius 1 is 1.26 bits per heavy atom. The zero-order chi connectivity index (χ0) is 23.7. The summed E-state index contributed by atoms with van der Waals surface area (Å²) in [5.74, 6) is 1.31. The fraction of sp³-hybridized carbons (Fsp3) is 0.250. The third-order valence-corrected chi connectivity index (χ3v) is 7.05. The Morgan fingerprint density at radius 3 is 2.94 bits per heavy atom. The van der Waals surface area contributed by atoms with Crippen molar-refractivity contribution in [1.29, 1.82) is 0 Å². The zero-order valence-corrected chi connectivity index (χ0v) is 20.0. The molecule has 8 nitrogen and oxygen atoms in total. The second-order valence-corrected chi connectivity index (χ2v) is 9.39. The van der Waals surface area contributed by atoms with Crippen molar-refractivity contribution in [3.63, 3.8) is 0 Å². The minimum absolute atomic E-state index is 0.0945. The van der Waals surface area contributed by atoms with Gasteiger partial charge in [0.2, 0.25) is 5.91 Å². The van der Waals surface area contributed by atoms with Crippen molar-refractivity contribution in [2.45, 2.75) is 24.0 Å². The molecule has 34 heavy (non-hydrogen) atoms. The van der Waals surface area contributed by atoms with Crippen molar-refractivity contribution in [3.05, 3.63) is 75.7 Å². The Morgan fingerprint density at radius 2 is 2.12 bits per heavy atom. The van der Waals surface area contributed by atoms with Gasteiger partial charge in [-0.1, -0.05) is 41.6 Å². The Kier molecular flexibility index (Phi) is 6.30. The number of carbonyl (C=O) groups excluding carboxylic acids is 1. The largest absolute Gasteiger partial charge is 0.497 e. The minimum atomic E-state index is -0.254. The van der Waals surface area contributed by atoms with E-state index in [1.807, 2.05) is 36.4 Å². The van der Waals surface area contributed by atoms with E-state index in [0.717, 1.165) is 17.0 Å². The summed E-state index contributed by atoms with van der Waals surface area (Å²) in [6, 6.07) is 14.7. The highest BCUT2D eigenvalue weighted by Crippen LogP contribution is 2.33. The molecule has 0 aliphatic carbocycles. The lowest BCUT2D eigenvalue weighted by Crippen LogP contribution is -2.31. The van der Waals surface area contributed by atoms with Crippen molar-refractivity contribution in [1.82, 2.24) is 24.6 Å². The van der Waals surface area contributed by atoms with E-state index in [4.69, 9.17) is 21.3 Å². The summed E-state index contributed by atoms with van der Waals surface area (Å²) in [6.07, 6.45) is 2.44. The van der Waals surface area contributed by atoms with Gasteiger partial charge in [-0.2, -0.15) is 5.10 Å². The fourth-order valence-corrected chi connectivity index (χ4v) is 5.35. The van der Waals surface area contributed by atoms with Gasteiger partial charge in [0.25, 0.3) is 5.56 Å². The van der Waals surface area contributed by atoms with Crippen molar-refractivity contribution in [2.75, 3.05) is 19.4 Å². The van der Waals surface area contributed by atoms with Crippen LogP contribution in [-0.4, -0.2) is 44.6 Å². The van der Waals surface area contributed by atoms with Gasteiger partial charge in [0.15, 0.2) is 10.8 Å². The number of fused-ring (bicyclic) bond motifs is 2. The topological polar surface area (TPSA) is 91.0 Å². The average molecular weight is 496 g/mol. The van der Waals surface area contributed by atoms with E-state index in [9.17, 15) is 9.59 Å². The maximum Gasteiger partial charge on any atom is 0.265 e. The predicted molar refractivity (Wildman–Crippen MR) is 132 cm³/mol. The SMILES string of the molecule is COc1cccc(CCNC(=O)CC2CSc3nc4c(cnn4-c4cccc(Cl)c4)c(=O)n32)c1. The molecule has 4 aromatic rings. The standard InChI is InChI=1S/C24H22ClN5O3S/c1-33-19-7-2-4-15(10-19)8-9-26-21(31)12-18-14-34-24-28-22-20(23(32)29(18)24)13-27-30(22)17-6-3-5-16(25)11-17/h2-7,10-11,13,18H,8-9,12,14H2,1H3,(H,26,31). The molecule has 0 fully saturated rings. The first-order valence-electron chi connectivity index (χ1n) is 10.8. The van der Waals surface area contributed by atoms with E-state index < -0.39 is 0 Å². The molecule has 1 amide bonds. The first-order chi connectivity index (χ1) is 16.5. The van der Waals surface area contributed by atoms with Crippen LogP contribution in [0.5, 0.6) is 5.75 Å². The second kappa shape index (κ2) is 9.52. The van der Waals surface area contributed by atoms with E-state index in [2.05, 4.69) is 10.4 Å². The van der Waals surface area contributed by atoms with Gasteiger partial charge in [0.1, 0.15) is 11.1 Å². The highest BCUT2D eigenvalue weighted by Gasteiger charge is 2.29. The third kappa shape index (κ3) is 4.41. The highest BCUT2D eigenvalue weighted by molar-refractivity contribution is 7.99. The number of rotatable bonds is 7. The molecule has 2 aromatic heterocycles. The number of thioether (sulfide) groups is 1. The highest BCUT2D eigenvalue weighted by atomic mass is 35.5. The van der Waals surface area contributed by atoms with Gasteiger partial charge in [-0.3, -0.25) is 14.2 Å². The fourth-order valence-electron chi connectivity index (χ4n) is 4.04. The zero-order valence-electron chi connectivity index (χ0n) is 18.4. The van der Waals surface area contributed by atoms with Crippen LogP contribution < -0.4 is 15.6 Å². The first kappa shape index (κ1) is 22.5. The number of amides is 1. The van der Waals surface area contributed by atoms with Gasteiger partial charge >= 0.3 is 0 Å². The number of halogens is 1. The molecular formula is C24H22ClN5O3S. The molecule has 1 aliphatic heterocycles. The second-order valence-electron chi connectivity index (χ2n) is 7.96. The first-order valence-corrected chi connectivity index (χ1v) is 12.2. The summed E-state index contributed by atoms with van der Waals surface area (Å²) >= 11 is 7.59. The van der Waals surface area contributed by atoms with E-state index in [0.29, 0.717) is 39.9 Å². The van der Waals surface area contributed by atoms with Crippen LogP contribution in [0.2, 0.25) is 5.02 Å². The molecule has 0 saturated heterocycles. The summed E-state index contributed by atoms with van der Waals surface area (Å²) in [5, 5.41) is 8.90. The number of nitrogens with one attached hydrogen (secondary N) is 1. The third-order valence-electron chi connectivity index (χ3n) is 5.71. The number of nitrogens with zero attached hydrogens (tertiary/aromatic N) is 4. The molecular weight excluding hydrogens is 474 g/mol. The van der Waals surface area contributed by atoms with E-state index >= 15 is 0 Å². The molecule has 0 saturated carbocycles. The quantitative estimate of drug-likeness (QED) is 0.394. The normalized spacial score (nSPS) is 14.8. The number of benzene rings is 2. The van der Waals surface area contributed by atoms with Crippen LogP contribution in [-0.2, 0) is 11.2 Å². The Hall–Kier alpha value is -3.30. The molecule has 1 atom stereocenters. The summed E-state index contributed by atoms with van der Waals surface area (Å²) in [4.78, 5) is 30.6. The van der Waals surface area contributed by atoms with Gasteiger partial charge < -0.3 is 10.1 Å². The van der Waals surface area contributed by atoms with Crippen LogP contribution in [0.1, 0.15) is 18.0 Å². The molecule has 2 aromatic carbocycles.